The van der Waals surface area contributed by atoms with Gasteiger partial charge in [0.25, 0.3) is 0 Å². The summed E-state index contributed by atoms with van der Waals surface area (Å²) in [5.41, 5.74) is 1.68. The number of hydrogen-bond acceptors (Lipinski definition) is 3. The monoisotopic (exact) mass is 449 g/mol. The predicted molar refractivity (Wildman–Crippen MR) is 106 cm³/mol. The van der Waals surface area contributed by atoms with E-state index in [2.05, 4.69) is 35.2 Å². The molecule has 2 aromatic rings. The average molecular weight is 449 g/mol. The summed E-state index contributed by atoms with van der Waals surface area (Å²) in [5, 5.41) is 9.43. The van der Waals surface area contributed by atoms with Gasteiger partial charge < -0.3 is 9.47 Å². The van der Waals surface area contributed by atoms with Crippen LogP contribution in [-0.2, 0) is 0 Å². The first kappa shape index (κ1) is 19.0. The van der Waals surface area contributed by atoms with E-state index in [4.69, 9.17) is 9.47 Å². The zero-order valence-electron chi connectivity index (χ0n) is 13.8. The number of rotatable bonds is 7. The molecule has 3 nitrogen and oxygen atoms in total. The summed E-state index contributed by atoms with van der Waals surface area (Å²) in [6.07, 6.45) is 3.37. The highest BCUT2D eigenvalue weighted by molar-refractivity contribution is 14.1. The third kappa shape index (κ3) is 5.07. The summed E-state index contributed by atoms with van der Waals surface area (Å²) in [6.45, 7) is 6.40. The highest BCUT2D eigenvalue weighted by atomic mass is 127. The second-order valence-electron chi connectivity index (χ2n) is 5.04. The van der Waals surface area contributed by atoms with E-state index in [1.54, 1.807) is 30.4 Å². The van der Waals surface area contributed by atoms with Gasteiger partial charge in [-0.2, -0.15) is 5.26 Å². The van der Waals surface area contributed by atoms with Crippen LogP contribution in [0.25, 0.3) is 11.6 Å². The van der Waals surface area contributed by atoms with E-state index in [0.717, 1.165) is 9.13 Å². The number of allylic oxidation sites excluding steroid dienone is 1. The fourth-order valence-corrected chi connectivity index (χ4v) is 3.00. The largest absolute Gasteiger partial charge is 0.490 e. The summed E-state index contributed by atoms with van der Waals surface area (Å²) < 4.78 is 25.6. The van der Waals surface area contributed by atoms with Crippen molar-refractivity contribution in [2.24, 2.45) is 0 Å². The Kier molecular flexibility index (Phi) is 7.02. The number of nitrogens with zero attached hydrogens (tertiary/aromatic N) is 1. The molecule has 0 aliphatic carbocycles. The second kappa shape index (κ2) is 9.23. The van der Waals surface area contributed by atoms with E-state index in [0.29, 0.717) is 35.8 Å². The van der Waals surface area contributed by atoms with Crippen LogP contribution in [0.4, 0.5) is 4.39 Å². The maximum absolute atomic E-state index is 13.4. The molecule has 0 unspecified atom stereocenters. The molecule has 0 heterocycles. The first-order chi connectivity index (χ1) is 12.1. The minimum Gasteiger partial charge on any atom is -0.490 e. The Morgan fingerprint density at radius 1 is 1.32 bits per heavy atom. The Morgan fingerprint density at radius 2 is 2.12 bits per heavy atom. The number of halogens is 2. The van der Waals surface area contributed by atoms with E-state index < -0.39 is 0 Å². The van der Waals surface area contributed by atoms with Crippen LogP contribution < -0.4 is 9.47 Å². The molecule has 128 valence electrons. The predicted octanol–water partition coefficient (Wildman–Crippen LogP) is 5.46. The molecule has 0 saturated carbocycles. The van der Waals surface area contributed by atoms with E-state index in [1.165, 1.54) is 12.1 Å². The van der Waals surface area contributed by atoms with Crippen LogP contribution in [0.1, 0.15) is 18.1 Å². The Hall–Kier alpha value is -2.33. The van der Waals surface area contributed by atoms with Gasteiger partial charge in [0, 0.05) is 0 Å². The van der Waals surface area contributed by atoms with Gasteiger partial charge in [-0.15, -0.1) is 0 Å². The third-order valence-corrected chi connectivity index (χ3v) is 4.05. The van der Waals surface area contributed by atoms with E-state index in [1.807, 2.05) is 13.0 Å². The number of hydrogen-bond donors (Lipinski definition) is 0. The topological polar surface area (TPSA) is 42.2 Å². The van der Waals surface area contributed by atoms with Crippen molar-refractivity contribution in [3.8, 4) is 17.6 Å². The lowest BCUT2D eigenvalue weighted by Gasteiger charge is -2.14. The molecule has 0 atom stereocenters. The van der Waals surface area contributed by atoms with Crippen LogP contribution >= 0.6 is 22.6 Å². The Bertz CT molecular complexity index is 840. The van der Waals surface area contributed by atoms with Crippen molar-refractivity contribution in [3.05, 3.63) is 69.6 Å². The fourth-order valence-electron chi connectivity index (χ4n) is 2.22. The van der Waals surface area contributed by atoms with Crippen LogP contribution in [0.3, 0.4) is 0 Å². The molecule has 0 radical (unpaired) electrons. The maximum Gasteiger partial charge on any atom is 0.174 e. The highest BCUT2D eigenvalue weighted by Gasteiger charge is 2.12. The van der Waals surface area contributed by atoms with Crippen molar-refractivity contribution in [3.63, 3.8) is 0 Å². The first-order valence-corrected chi connectivity index (χ1v) is 8.74. The molecule has 0 spiro atoms. The molecule has 0 aliphatic heterocycles. The normalized spacial score (nSPS) is 10.9. The second-order valence-corrected chi connectivity index (χ2v) is 6.21. The summed E-state index contributed by atoms with van der Waals surface area (Å²) in [5.74, 6) is 0.860. The lowest BCUT2D eigenvalue weighted by Crippen LogP contribution is -2.01. The zero-order chi connectivity index (χ0) is 18.2. The molecule has 2 rings (SSSR count). The van der Waals surface area contributed by atoms with E-state index >= 15 is 0 Å². The van der Waals surface area contributed by atoms with Crippen LogP contribution in [0.5, 0.6) is 11.5 Å². The zero-order valence-corrected chi connectivity index (χ0v) is 15.9. The molecule has 0 aromatic heterocycles. The lowest BCUT2D eigenvalue weighted by molar-refractivity contribution is 0.295. The number of benzene rings is 2. The molecule has 0 N–H and O–H groups in total. The molecule has 0 fully saturated rings. The van der Waals surface area contributed by atoms with Crippen LogP contribution in [0.15, 0.2) is 49.1 Å². The minimum absolute atomic E-state index is 0.373. The van der Waals surface area contributed by atoms with Gasteiger partial charge in [0.15, 0.2) is 11.5 Å². The Morgan fingerprint density at radius 3 is 2.76 bits per heavy atom. The average Bonchev–Trinajstić information content (AvgIpc) is 2.59. The van der Waals surface area contributed by atoms with Gasteiger partial charge in [-0.05, 0) is 71.0 Å². The molecule has 5 heteroatoms. The standard InChI is InChI=1S/C20H17FINO2/c1-3-8-25-20-18(22)10-14(11-19(20)24-4-2)9-16(13-23)15-6-5-7-17(21)12-15/h3,5-7,9-12H,1,4,8H2,2H3/b16-9-. The quantitative estimate of drug-likeness (QED) is 0.244. The van der Waals surface area contributed by atoms with E-state index in [-0.39, 0.29) is 5.82 Å². The van der Waals surface area contributed by atoms with Gasteiger partial charge in [-0.1, -0.05) is 24.8 Å². The number of ether oxygens (including phenoxy) is 2. The maximum atomic E-state index is 13.4. The highest BCUT2D eigenvalue weighted by Crippen LogP contribution is 2.35. The molecule has 0 aliphatic rings. The van der Waals surface area contributed by atoms with Crippen molar-refractivity contribution < 1.29 is 13.9 Å². The summed E-state index contributed by atoms with van der Waals surface area (Å²) in [7, 11) is 0. The van der Waals surface area contributed by atoms with Gasteiger partial charge in [0.2, 0.25) is 0 Å². The van der Waals surface area contributed by atoms with Gasteiger partial charge in [-0.3, -0.25) is 0 Å². The molecule has 25 heavy (non-hydrogen) atoms. The van der Waals surface area contributed by atoms with Crippen molar-refractivity contribution in [2.75, 3.05) is 13.2 Å². The third-order valence-electron chi connectivity index (χ3n) is 3.24. The lowest BCUT2D eigenvalue weighted by atomic mass is 10.0. The van der Waals surface area contributed by atoms with E-state index in [9.17, 15) is 9.65 Å². The van der Waals surface area contributed by atoms with Crippen LogP contribution in [-0.4, -0.2) is 13.2 Å². The number of nitriles is 1. The Labute approximate surface area is 160 Å². The first-order valence-electron chi connectivity index (χ1n) is 7.66. The van der Waals surface area contributed by atoms with Crippen LogP contribution in [0, 0.1) is 20.7 Å². The van der Waals surface area contributed by atoms with Crippen LogP contribution in [0.2, 0.25) is 0 Å². The summed E-state index contributed by atoms with van der Waals surface area (Å²) in [6, 6.07) is 11.8. The summed E-state index contributed by atoms with van der Waals surface area (Å²) >= 11 is 2.16. The fraction of sp³-hybridized carbons (Fsp3) is 0.150. The van der Waals surface area contributed by atoms with Crippen molar-refractivity contribution in [2.45, 2.75) is 6.92 Å². The van der Waals surface area contributed by atoms with Crippen molar-refractivity contribution >= 4 is 34.2 Å². The van der Waals surface area contributed by atoms with Gasteiger partial charge in [0.05, 0.1) is 21.8 Å². The Balaban J connectivity index is 2.47. The SMILES string of the molecule is C=CCOc1c(I)cc(/C=C(/C#N)c2cccc(F)c2)cc1OCC. The van der Waals surface area contributed by atoms with Crippen molar-refractivity contribution in [1.29, 1.82) is 5.26 Å². The van der Waals surface area contributed by atoms with Gasteiger partial charge in [-0.25, -0.2) is 4.39 Å². The summed E-state index contributed by atoms with van der Waals surface area (Å²) in [4.78, 5) is 0. The molecule has 0 amide bonds. The molecular weight excluding hydrogens is 432 g/mol. The molecule has 0 bridgehead atoms. The van der Waals surface area contributed by atoms with Crippen molar-refractivity contribution in [1.82, 2.24) is 0 Å². The van der Waals surface area contributed by atoms with Gasteiger partial charge >= 0.3 is 0 Å². The molecule has 0 saturated heterocycles. The minimum atomic E-state index is -0.378. The smallest absolute Gasteiger partial charge is 0.174 e. The van der Waals surface area contributed by atoms with Gasteiger partial charge in [0.1, 0.15) is 12.4 Å². The molecular formula is C20H17FINO2. The molecule has 2 aromatic carbocycles.